The molecule has 0 nitrogen and oxygen atoms in total. The molecule has 6 aromatic carbocycles. The molecule has 2 radical (unpaired) electrons. The van der Waals surface area contributed by atoms with Crippen LogP contribution in [0.25, 0.3) is 33.4 Å². The minimum absolute atomic E-state index is 0.0959. The lowest BCUT2D eigenvalue weighted by Crippen LogP contribution is -2.31. The summed E-state index contributed by atoms with van der Waals surface area (Å²) in [7, 11) is 6.62. The van der Waals surface area contributed by atoms with Gasteiger partial charge in [0.05, 0.1) is 5.41 Å². The average Bonchev–Trinajstić information content (AvgIpc) is 3.56. The van der Waals surface area contributed by atoms with Crippen LogP contribution in [-0.4, -0.2) is 7.85 Å². The van der Waals surface area contributed by atoms with Crippen LogP contribution in [0.3, 0.4) is 0 Å². The molecule has 44 heavy (non-hydrogen) atoms. The minimum atomic E-state index is -0.513. The molecule has 0 spiro atoms. The monoisotopic (exact) mass is 560 g/mol. The maximum Gasteiger partial charge on any atom is 0.113 e. The Morgan fingerprint density at radius 3 is 1.27 bits per heavy atom. The highest BCUT2D eigenvalue weighted by molar-refractivity contribution is 6.32. The summed E-state index contributed by atoms with van der Waals surface area (Å²) in [5.41, 5.74) is 18.8. The Morgan fingerprint density at radius 1 is 0.364 bits per heavy atom. The van der Waals surface area contributed by atoms with Gasteiger partial charge in [-0.1, -0.05) is 161 Å². The van der Waals surface area contributed by atoms with Crippen molar-refractivity contribution < 1.29 is 0 Å². The van der Waals surface area contributed by atoms with E-state index in [9.17, 15) is 0 Å². The summed E-state index contributed by atoms with van der Waals surface area (Å²) in [5, 5.41) is 0. The molecule has 0 bridgehead atoms. The van der Waals surface area contributed by atoms with Gasteiger partial charge in [-0.15, -0.1) is 0 Å². The number of rotatable bonds is 2. The van der Waals surface area contributed by atoms with E-state index in [2.05, 4.69) is 155 Å². The lowest BCUT2D eigenvalue weighted by atomic mass is 9.65. The molecule has 0 fully saturated rings. The Labute approximate surface area is 261 Å². The molecule has 0 unspecified atom stereocenters. The molecule has 1 heteroatoms. The quantitative estimate of drug-likeness (QED) is 0.185. The lowest BCUT2D eigenvalue weighted by Gasteiger charge is -2.36. The van der Waals surface area contributed by atoms with Crippen LogP contribution in [0.5, 0.6) is 0 Å². The van der Waals surface area contributed by atoms with Gasteiger partial charge in [0.1, 0.15) is 7.85 Å². The molecule has 6 aromatic rings. The Balaban J connectivity index is 1.39. The van der Waals surface area contributed by atoms with Gasteiger partial charge in [-0.05, 0) is 77.9 Å². The first-order valence-corrected chi connectivity index (χ1v) is 15.7. The van der Waals surface area contributed by atoms with Crippen molar-refractivity contribution in [1.29, 1.82) is 0 Å². The van der Waals surface area contributed by atoms with Gasteiger partial charge in [-0.25, -0.2) is 0 Å². The van der Waals surface area contributed by atoms with E-state index >= 15 is 0 Å². The second-order valence-electron chi connectivity index (χ2n) is 14.0. The van der Waals surface area contributed by atoms with Crippen molar-refractivity contribution in [3.8, 4) is 33.4 Å². The van der Waals surface area contributed by atoms with Crippen molar-refractivity contribution in [2.24, 2.45) is 0 Å². The maximum atomic E-state index is 6.62. The molecular weight excluding hydrogens is 527 g/mol. The summed E-state index contributed by atoms with van der Waals surface area (Å²) in [4.78, 5) is 0. The Bertz CT molecular complexity index is 2090. The van der Waals surface area contributed by atoms with Crippen molar-refractivity contribution in [1.82, 2.24) is 0 Å². The van der Waals surface area contributed by atoms with E-state index in [0.29, 0.717) is 0 Å². The van der Waals surface area contributed by atoms with Crippen LogP contribution in [0, 0.1) is 0 Å². The fourth-order valence-electron chi connectivity index (χ4n) is 8.96. The summed E-state index contributed by atoms with van der Waals surface area (Å²) >= 11 is 0. The van der Waals surface area contributed by atoms with Crippen LogP contribution < -0.4 is 5.46 Å². The highest BCUT2D eigenvalue weighted by Crippen LogP contribution is 2.59. The molecule has 0 aliphatic heterocycles. The number of hydrogen-bond donors (Lipinski definition) is 0. The van der Waals surface area contributed by atoms with Gasteiger partial charge in [-0.2, -0.15) is 0 Å². The zero-order valence-electron chi connectivity index (χ0n) is 25.7. The third kappa shape index (κ3) is 3.05. The SMILES string of the molecule is [B]c1ccc2c(c1)C(c1ccc3c(c1)C(C)(C)c1ccccc1-3)(c1ccc3c(c1)C(C)(C)c1ccccc1-3)c1ccccc1-2. The molecule has 0 aromatic heterocycles. The molecule has 9 rings (SSSR count). The third-order valence-corrected chi connectivity index (χ3v) is 11.1. The van der Waals surface area contributed by atoms with E-state index in [1.807, 2.05) is 0 Å². The Morgan fingerprint density at radius 2 is 0.750 bits per heavy atom. The largest absolute Gasteiger partial charge is 0.113 e. The molecule has 0 saturated heterocycles. The summed E-state index contributed by atoms with van der Waals surface area (Å²) < 4.78 is 0. The highest BCUT2D eigenvalue weighted by atomic mass is 14.5. The van der Waals surface area contributed by atoms with Crippen molar-refractivity contribution in [3.05, 3.63) is 172 Å². The van der Waals surface area contributed by atoms with E-state index in [1.165, 1.54) is 77.9 Å². The third-order valence-electron chi connectivity index (χ3n) is 11.1. The maximum absolute atomic E-state index is 6.62. The van der Waals surface area contributed by atoms with E-state index in [-0.39, 0.29) is 10.8 Å². The van der Waals surface area contributed by atoms with Gasteiger partial charge in [0.25, 0.3) is 0 Å². The first-order chi connectivity index (χ1) is 21.2. The number of fused-ring (bicyclic) bond motifs is 9. The highest BCUT2D eigenvalue weighted by Gasteiger charge is 2.48. The Kier molecular flexibility index (Phi) is 5.00. The van der Waals surface area contributed by atoms with Gasteiger partial charge >= 0.3 is 0 Å². The summed E-state index contributed by atoms with van der Waals surface area (Å²) in [5.74, 6) is 0. The van der Waals surface area contributed by atoms with Crippen LogP contribution in [0.4, 0.5) is 0 Å². The van der Waals surface area contributed by atoms with Gasteiger partial charge in [0, 0.05) is 10.8 Å². The fourth-order valence-corrected chi connectivity index (χ4v) is 8.96. The normalized spacial score (nSPS) is 16.8. The van der Waals surface area contributed by atoms with Crippen molar-refractivity contribution in [3.63, 3.8) is 0 Å². The van der Waals surface area contributed by atoms with E-state index in [1.54, 1.807) is 0 Å². The predicted octanol–water partition coefficient (Wildman–Crippen LogP) is 9.46. The van der Waals surface area contributed by atoms with Gasteiger partial charge < -0.3 is 0 Å². The topological polar surface area (TPSA) is 0 Å². The van der Waals surface area contributed by atoms with Crippen LogP contribution >= 0.6 is 0 Å². The molecule has 0 atom stereocenters. The lowest BCUT2D eigenvalue weighted by molar-refractivity contribution is 0.651. The van der Waals surface area contributed by atoms with E-state index in [4.69, 9.17) is 7.85 Å². The summed E-state index contributed by atoms with van der Waals surface area (Å²) in [6.07, 6.45) is 0. The van der Waals surface area contributed by atoms with Crippen molar-refractivity contribution in [2.45, 2.75) is 43.9 Å². The molecule has 0 saturated carbocycles. The molecule has 3 aliphatic rings. The van der Waals surface area contributed by atoms with Gasteiger partial charge in [0.2, 0.25) is 0 Å². The Hall–Kier alpha value is -4.62. The molecule has 0 heterocycles. The van der Waals surface area contributed by atoms with Crippen LogP contribution in [0.2, 0.25) is 0 Å². The first-order valence-electron chi connectivity index (χ1n) is 15.7. The molecule has 0 N–H and O–H groups in total. The zero-order valence-corrected chi connectivity index (χ0v) is 25.7. The average molecular weight is 561 g/mol. The second kappa shape index (κ2) is 8.51. The zero-order chi connectivity index (χ0) is 30.0. The molecular formula is C43H33B. The second-order valence-corrected chi connectivity index (χ2v) is 14.0. The van der Waals surface area contributed by atoms with Gasteiger partial charge in [-0.3, -0.25) is 0 Å². The van der Waals surface area contributed by atoms with E-state index in [0.717, 1.165) is 5.46 Å². The molecule has 208 valence electrons. The fraction of sp³-hybridized carbons (Fsp3) is 0.163. The van der Waals surface area contributed by atoms with Crippen molar-refractivity contribution in [2.75, 3.05) is 0 Å². The molecule has 3 aliphatic carbocycles. The summed E-state index contributed by atoms with van der Waals surface area (Å²) in [6, 6.07) is 47.9. The van der Waals surface area contributed by atoms with Gasteiger partial charge in [0.15, 0.2) is 0 Å². The number of benzene rings is 6. The number of hydrogen-bond acceptors (Lipinski definition) is 0. The van der Waals surface area contributed by atoms with Crippen molar-refractivity contribution >= 4 is 13.3 Å². The van der Waals surface area contributed by atoms with Crippen LogP contribution in [0.15, 0.2) is 127 Å². The first kappa shape index (κ1) is 25.8. The predicted molar refractivity (Wildman–Crippen MR) is 184 cm³/mol. The summed E-state index contributed by atoms with van der Waals surface area (Å²) in [6.45, 7) is 9.49. The molecule has 0 amide bonds. The van der Waals surface area contributed by atoms with Crippen LogP contribution in [0.1, 0.15) is 72.2 Å². The smallest absolute Gasteiger partial charge is 0.0963 e. The van der Waals surface area contributed by atoms with Crippen LogP contribution in [-0.2, 0) is 16.2 Å². The van der Waals surface area contributed by atoms with E-state index < -0.39 is 5.41 Å². The standard InChI is InChI=1S/C43H33B/c1-41(2)35-14-8-5-11-29(35)32-20-17-26(23-38(32)41)43(37-16-10-7-13-31(37)34-22-19-28(44)25-40(34)43)27-18-21-33-30-12-6-9-15-36(30)42(3,4)39(33)24-27/h5-25H,1-4H3. The minimum Gasteiger partial charge on any atom is -0.0963 e.